The van der Waals surface area contributed by atoms with Gasteiger partial charge in [-0.3, -0.25) is 10.1 Å². The Morgan fingerprint density at radius 2 is 1.88 bits per heavy atom. The number of anilines is 3. The Labute approximate surface area is 149 Å². The molecule has 2 aromatic heterocycles. The molecule has 1 fully saturated rings. The molecule has 1 saturated heterocycles. The minimum atomic E-state index is -0.433. The van der Waals surface area contributed by atoms with Crippen LogP contribution in [-0.4, -0.2) is 63.4 Å². The molecular formula is C16H18N8O2. The number of nitrogens with one attached hydrogen (secondary N) is 2. The number of rotatable bonds is 4. The molecule has 0 saturated carbocycles. The maximum atomic E-state index is 11.4. The topological polar surface area (TPSA) is 116 Å². The summed E-state index contributed by atoms with van der Waals surface area (Å²) in [5, 5.41) is 25.0. The fourth-order valence-corrected chi connectivity index (χ4v) is 2.95. The van der Waals surface area contributed by atoms with Crippen molar-refractivity contribution < 1.29 is 4.92 Å². The summed E-state index contributed by atoms with van der Waals surface area (Å²) in [6.45, 7) is 3.55. The van der Waals surface area contributed by atoms with Gasteiger partial charge in [0.05, 0.1) is 4.92 Å². The minimum Gasteiger partial charge on any atom is -0.354 e. The van der Waals surface area contributed by atoms with Gasteiger partial charge in [-0.1, -0.05) is 0 Å². The third-order valence-electron chi connectivity index (χ3n) is 4.46. The fourth-order valence-electron chi connectivity index (χ4n) is 2.95. The molecule has 4 rings (SSSR count). The highest BCUT2D eigenvalue weighted by Gasteiger charge is 2.21. The highest BCUT2D eigenvalue weighted by atomic mass is 16.6. The molecule has 134 valence electrons. The van der Waals surface area contributed by atoms with E-state index in [1.807, 2.05) is 0 Å². The largest absolute Gasteiger partial charge is 0.354 e. The number of hydrogen-bond donors (Lipinski definition) is 2. The molecule has 3 heterocycles. The maximum Gasteiger partial charge on any atom is 0.311 e. The van der Waals surface area contributed by atoms with Gasteiger partial charge >= 0.3 is 5.69 Å². The van der Waals surface area contributed by atoms with Gasteiger partial charge in [-0.15, -0.1) is 0 Å². The maximum absolute atomic E-state index is 11.4. The molecule has 0 aliphatic carbocycles. The van der Waals surface area contributed by atoms with Crippen molar-refractivity contribution in [3.8, 4) is 0 Å². The van der Waals surface area contributed by atoms with E-state index in [0.717, 1.165) is 37.5 Å². The molecule has 10 heteroatoms. The van der Waals surface area contributed by atoms with Gasteiger partial charge in [0.1, 0.15) is 16.9 Å². The Morgan fingerprint density at radius 3 is 2.65 bits per heavy atom. The quantitative estimate of drug-likeness (QED) is 0.538. The summed E-state index contributed by atoms with van der Waals surface area (Å²) in [7, 11) is 2.08. The lowest BCUT2D eigenvalue weighted by Gasteiger charge is -2.33. The molecule has 0 spiro atoms. The summed E-state index contributed by atoms with van der Waals surface area (Å²) in [4.78, 5) is 19.9. The van der Waals surface area contributed by atoms with Crippen molar-refractivity contribution in [3.05, 3.63) is 40.4 Å². The van der Waals surface area contributed by atoms with E-state index in [0.29, 0.717) is 11.2 Å². The zero-order valence-electron chi connectivity index (χ0n) is 14.2. The second-order valence-electron chi connectivity index (χ2n) is 6.24. The van der Waals surface area contributed by atoms with Crippen LogP contribution < -0.4 is 10.2 Å². The van der Waals surface area contributed by atoms with Crippen molar-refractivity contribution in [2.75, 3.05) is 43.4 Å². The van der Waals surface area contributed by atoms with E-state index < -0.39 is 4.92 Å². The van der Waals surface area contributed by atoms with Crippen LogP contribution in [0, 0.1) is 10.1 Å². The van der Waals surface area contributed by atoms with E-state index in [1.54, 1.807) is 24.3 Å². The number of nitro groups is 1. The SMILES string of the molecule is CN1CCN(c2ccc([N+](=O)[O-])c(Nc3ccc4n[nH]nc4c3)n2)CC1. The van der Waals surface area contributed by atoms with Gasteiger partial charge in [0.25, 0.3) is 0 Å². The van der Waals surface area contributed by atoms with Crippen LogP contribution in [0.25, 0.3) is 11.0 Å². The Balaban J connectivity index is 1.65. The summed E-state index contributed by atoms with van der Waals surface area (Å²) in [5.74, 6) is 0.947. The van der Waals surface area contributed by atoms with E-state index in [2.05, 4.69) is 42.6 Å². The Morgan fingerprint density at radius 1 is 1.12 bits per heavy atom. The van der Waals surface area contributed by atoms with Crippen LogP contribution in [0.3, 0.4) is 0 Å². The highest BCUT2D eigenvalue weighted by Crippen LogP contribution is 2.29. The van der Waals surface area contributed by atoms with Crippen LogP contribution in [0.2, 0.25) is 0 Å². The number of H-pyrrole nitrogens is 1. The van der Waals surface area contributed by atoms with Crippen molar-refractivity contribution in [2.45, 2.75) is 0 Å². The van der Waals surface area contributed by atoms with Crippen LogP contribution >= 0.6 is 0 Å². The molecule has 10 nitrogen and oxygen atoms in total. The van der Waals surface area contributed by atoms with Crippen molar-refractivity contribution in [1.82, 2.24) is 25.3 Å². The number of nitrogens with zero attached hydrogens (tertiary/aromatic N) is 6. The summed E-state index contributed by atoms with van der Waals surface area (Å²) >= 11 is 0. The first-order valence-corrected chi connectivity index (χ1v) is 8.26. The predicted octanol–water partition coefficient (Wildman–Crippen LogP) is 1.76. The number of benzene rings is 1. The third-order valence-corrected chi connectivity index (χ3v) is 4.46. The number of aromatic nitrogens is 4. The van der Waals surface area contributed by atoms with E-state index in [1.165, 1.54) is 6.07 Å². The van der Waals surface area contributed by atoms with Crippen LogP contribution in [0.15, 0.2) is 30.3 Å². The first kappa shape index (κ1) is 16.2. The summed E-state index contributed by atoms with van der Waals surface area (Å²) in [6.07, 6.45) is 0. The number of fused-ring (bicyclic) bond motifs is 1. The highest BCUT2D eigenvalue weighted by molar-refractivity contribution is 5.80. The van der Waals surface area contributed by atoms with Crippen LogP contribution in [0.4, 0.5) is 23.0 Å². The second kappa shape index (κ2) is 6.56. The monoisotopic (exact) mass is 354 g/mol. The van der Waals surface area contributed by atoms with E-state index in [-0.39, 0.29) is 11.5 Å². The number of hydrogen-bond acceptors (Lipinski definition) is 8. The standard InChI is InChI=1S/C16H18N8O2/c1-22-6-8-23(9-7-22)15-5-4-14(24(25)26)16(18-15)17-11-2-3-12-13(10-11)20-21-19-12/h2-5,10H,6-9H2,1H3,(H,17,18)(H,19,20,21). The molecule has 1 aromatic carbocycles. The number of piperazine rings is 1. The molecule has 3 aromatic rings. The fraction of sp³-hybridized carbons (Fsp3) is 0.312. The van der Waals surface area contributed by atoms with Crippen molar-refractivity contribution in [2.24, 2.45) is 0 Å². The minimum absolute atomic E-state index is 0.0665. The van der Waals surface area contributed by atoms with Gasteiger partial charge in [-0.25, -0.2) is 4.98 Å². The average Bonchev–Trinajstić information content (AvgIpc) is 3.10. The predicted molar refractivity (Wildman–Crippen MR) is 97.8 cm³/mol. The number of aromatic amines is 1. The van der Waals surface area contributed by atoms with Gasteiger partial charge in [0, 0.05) is 37.9 Å². The zero-order chi connectivity index (χ0) is 18.1. The van der Waals surface area contributed by atoms with Crippen LogP contribution in [0.5, 0.6) is 0 Å². The Bertz CT molecular complexity index is 948. The lowest BCUT2D eigenvalue weighted by atomic mass is 10.2. The third kappa shape index (κ3) is 3.14. The van der Waals surface area contributed by atoms with Crippen LogP contribution in [0.1, 0.15) is 0 Å². The van der Waals surface area contributed by atoms with Crippen molar-refractivity contribution in [1.29, 1.82) is 0 Å². The van der Waals surface area contributed by atoms with Crippen molar-refractivity contribution in [3.63, 3.8) is 0 Å². The lowest BCUT2D eigenvalue weighted by molar-refractivity contribution is -0.384. The average molecular weight is 354 g/mol. The number of likely N-dealkylation sites (N-methyl/N-ethyl adjacent to an activating group) is 1. The summed E-state index contributed by atoms with van der Waals surface area (Å²) in [5.41, 5.74) is 2.00. The smallest absolute Gasteiger partial charge is 0.311 e. The van der Waals surface area contributed by atoms with Gasteiger partial charge in [-0.05, 0) is 31.3 Å². The van der Waals surface area contributed by atoms with Gasteiger partial charge < -0.3 is 15.1 Å². The normalized spacial score (nSPS) is 15.3. The Hall–Kier alpha value is -3.27. The lowest BCUT2D eigenvalue weighted by Crippen LogP contribution is -2.44. The van der Waals surface area contributed by atoms with E-state index in [9.17, 15) is 10.1 Å². The summed E-state index contributed by atoms with van der Waals surface area (Å²) in [6, 6.07) is 8.55. The molecule has 0 atom stereocenters. The molecule has 1 aliphatic heterocycles. The van der Waals surface area contributed by atoms with Crippen LogP contribution in [-0.2, 0) is 0 Å². The van der Waals surface area contributed by atoms with Gasteiger partial charge in [-0.2, -0.15) is 15.4 Å². The molecule has 2 N–H and O–H groups in total. The second-order valence-corrected chi connectivity index (χ2v) is 6.24. The summed E-state index contributed by atoms with van der Waals surface area (Å²) < 4.78 is 0. The first-order chi connectivity index (χ1) is 12.6. The van der Waals surface area contributed by atoms with Gasteiger partial charge in [0.15, 0.2) is 0 Å². The molecule has 26 heavy (non-hydrogen) atoms. The zero-order valence-corrected chi connectivity index (χ0v) is 14.2. The molecule has 0 amide bonds. The Kier molecular flexibility index (Phi) is 4.09. The molecule has 1 aliphatic rings. The van der Waals surface area contributed by atoms with E-state index >= 15 is 0 Å². The van der Waals surface area contributed by atoms with Crippen molar-refractivity contribution >= 4 is 34.0 Å². The first-order valence-electron chi connectivity index (χ1n) is 8.26. The van der Waals surface area contributed by atoms with Gasteiger partial charge in [0.2, 0.25) is 5.82 Å². The molecule has 0 bridgehead atoms. The molecule has 0 unspecified atom stereocenters. The van der Waals surface area contributed by atoms with E-state index in [4.69, 9.17) is 0 Å². The molecule has 0 radical (unpaired) electrons. The molecular weight excluding hydrogens is 336 g/mol. The number of pyridine rings is 1.